The molecule has 25 heavy (non-hydrogen) atoms. The summed E-state index contributed by atoms with van der Waals surface area (Å²) in [6.07, 6.45) is 0. The van der Waals surface area contributed by atoms with Crippen LogP contribution in [0.4, 0.5) is 4.39 Å². The molecule has 1 heterocycles. The first-order valence-corrected chi connectivity index (χ1v) is 8.51. The highest BCUT2D eigenvalue weighted by Crippen LogP contribution is 2.10. The summed E-state index contributed by atoms with van der Waals surface area (Å²) in [4.78, 5) is 8.80. The molecule has 1 fully saturated rings. The number of hydrogen-bond donors (Lipinski definition) is 1. The Hall–Kier alpha value is -0.930. The van der Waals surface area contributed by atoms with Crippen LogP contribution in [0, 0.1) is 5.82 Å². The fraction of sp³-hybridized carbons (Fsp3) is 0.611. The monoisotopic (exact) mass is 464 g/mol. The summed E-state index contributed by atoms with van der Waals surface area (Å²) in [5, 5.41) is 3.42. The molecule has 1 aromatic rings. The molecule has 0 amide bonds. The van der Waals surface area contributed by atoms with E-state index in [9.17, 15) is 4.39 Å². The van der Waals surface area contributed by atoms with Gasteiger partial charge in [0.15, 0.2) is 5.96 Å². The zero-order chi connectivity index (χ0) is 17.5. The van der Waals surface area contributed by atoms with Gasteiger partial charge in [0, 0.05) is 45.8 Å². The summed E-state index contributed by atoms with van der Waals surface area (Å²) in [6, 6.07) is 7.50. The predicted octanol–water partition coefficient (Wildman–Crippen LogP) is 2.56. The largest absolute Gasteiger partial charge is 0.379 e. The van der Waals surface area contributed by atoms with Crippen LogP contribution in [0.5, 0.6) is 0 Å². The van der Waals surface area contributed by atoms with Crippen LogP contribution >= 0.6 is 24.0 Å². The molecule has 1 aromatic carbocycles. The number of guanidine groups is 1. The molecule has 1 aliphatic heterocycles. The molecule has 5 nitrogen and oxygen atoms in total. The predicted molar refractivity (Wildman–Crippen MR) is 111 cm³/mol. The van der Waals surface area contributed by atoms with Crippen LogP contribution in [-0.4, -0.2) is 68.2 Å². The molecule has 0 bridgehead atoms. The summed E-state index contributed by atoms with van der Waals surface area (Å²) in [6.45, 7) is 8.38. The van der Waals surface area contributed by atoms with Crippen LogP contribution in [0.1, 0.15) is 19.4 Å². The van der Waals surface area contributed by atoms with Crippen LogP contribution < -0.4 is 5.32 Å². The molecule has 2 rings (SSSR count). The molecule has 1 N–H and O–H groups in total. The van der Waals surface area contributed by atoms with Crippen molar-refractivity contribution < 1.29 is 9.13 Å². The van der Waals surface area contributed by atoms with Gasteiger partial charge in [-0.05, 0) is 31.5 Å². The van der Waals surface area contributed by atoms with Crippen LogP contribution in [0.3, 0.4) is 0 Å². The minimum absolute atomic E-state index is 0. The average molecular weight is 464 g/mol. The third kappa shape index (κ3) is 6.71. The molecule has 1 aliphatic rings. The first kappa shape index (κ1) is 22.1. The van der Waals surface area contributed by atoms with E-state index in [0.29, 0.717) is 18.6 Å². The highest BCUT2D eigenvalue weighted by molar-refractivity contribution is 14.0. The zero-order valence-corrected chi connectivity index (χ0v) is 17.9. The van der Waals surface area contributed by atoms with E-state index < -0.39 is 0 Å². The molecule has 7 heteroatoms. The SMILES string of the molecule is CN=C(NCC(C)N1CCOCC1C)N(C)Cc1cccc(F)c1.I. The Morgan fingerprint density at radius 3 is 2.92 bits per heavy atom. The van der Waals surface area contributed by atoms with E-state index in [1.54, 1.807) is 19.2 Å². The van der Waals surface area contributed by atoms with Gasteiger partial charge < -0.3 is 15.0 Å². The first-order valence-electron chi connectivity index (χ1n) is 8.51. The number of morpholine rings is 1. The lowest BCUT2D eigenvalue weighted by Gasteiger charge is -2.38. The standard InChI is InChI=1S/C18H29FN4O.HI/c1-14(23-8-9-24-13-15(23)2)11-21-18(20-3)22(4)12-16-6-5-7-17(19)10-16;/h5-7,10,14-15H,8-9,11-13H2,1-4H3,(H,20,21);1H. The van der Waals surface area contributed by atoms with Gasteiger partial charge in [-0.3, -0.25) is 9.89 Å². The quantitative estimate of drug-likeness (QED) is 0.413. The van der Waals surface area contributed by atoms with E-state index in [2.05, 4.69) is 29.1 Å². The van der Waals surface area contributed by atoms with Crippen LogP contribution in [-0.2, 0) is 11.3 Å². The Balaban J connectivity index is 0.00000312. The van der Waals surface area contributed by atoms with Crippen molar-refractivity contribution in [1.82, 2.24) is 15.1 Å². The van der Waals surface area contributed by atoms with Crippen LogP contribution in [0.2, 0.25) is 0 Å². The number of halogens is 2. The van der Waals surface area contributed by atoms with Gasteiger partial charge in [0.25, 0.3) is 0 Å². The summed E-state index contributed by atoms with van der Waals surface area (Å²) in [5.74, 6) is 0.603. The number of rotatable bonds is 5. The van der Waals surface area contributed by atoms with Gasteiger partial charge in [-0.25, -0.2) is 4.39 Å². The topological polar surface area (TPSA) is 40.1 Å². The Bertz CT molecular complexity index is 558. The lowest BCUT2D eigenvalue weighted by molar-refractivity contribution is -0.0175. The molecular formula is C18H30FIN4O. The number of nitrogens with one attached hydrogen (secondary N) is 1. The van der Waals surface area contributed by atoms with Gasteiger partial charge in [0.2, 0.25) is 0 Å². The molecule has 0 radical (unpaired) electrons. The number of benzene rings is 1. The van der Waals surface area contributed by atoms with Crippen molar-refractivity contribution in [2.75, 3.05) is 40.4 Å². The fourth-order valence-corrected chi connectivity index (χ4v) is 3.12. The summed E-state index contributed by atoms with van der Waals surface area (Å²) < 4.78 is 18.8. The highest BCUT2D eigenvalue weighted by Gasteiger charge is 2.23. The van der Waals surface area contributed by atoms with E-state index >= 15 is 0 Å². The van der Waals surface area contributed by atoms with Crippen molar-refractivity contribution in [2.45, 2.75) is 32.5 Å². The third-order valence-electron chi connectivity index (χ3n) is 4.42. The van der Waals surface area contributed by atoms with Gasteiger partial charge in [-0.1, -0.05) is 12.1 Å². The van der Waals surface area contributed by atoms with Crippen LogP contribution in [0.15, 0.2) is 29.3 Å². The normalized spacial score (nSPS) is 19.9. The Morgan fingerprint density at radius 2 is 2.28 bits per heavy atom. The van der Waals surface area contributed by atoms with Crippen molar-refractivity contribution in [1.29, 1.82) is 0 Å². The second-order valence-corrected chi connectivity index (χ2v) is 6.42. The lowest BCUT2D eigenvalue weighted by Crippen LogP contribution is -2.53. The second kappa shape index (κ2) is 10.9. The van der Waals surface area contributed by atoms with Gasteiger partial charge in [0.1, 0.15) is 5.82 Å². The molecule has 0 aromatic heterocycles. The number of hydrogen-bond acceptors (Lipinski definition) is 3. The summed E-state index contributed by atoms with van der Waals surface area (Å²) in [7, 11) is 3.73. The number of nitrogens with zero attached hydrogens (tertiary/aromatic N) is 3. The zero-order valence-electron chi connectivity index (χ0n) is 15.5. The van der Waals surface area contributed by atoms with E-state index in [4.69, 9.17) is 4.74 Å². The smallest absolute Gasteiger partial charge is 0.193 e. The van der Waals surface area contributed by atoms with Crippen molar-refractivity contribution in [3.05, 3.63) is 35.6 Å². The number of ether oxygens (including phenoxy) is 1. The van der Waals surface area contributed by atoms with E-state index in [-0.39, 0.29) is 29.8 Å². The lowest BCUT2D eigenvalue weighted by atomic mass is 10.2. The average Bonchev–Trinajstić information content (AvgIpc) is 2.55. The Kier molecular flexibility index (Phi) is 9.66. The summed E-state index contributed by atoms with van der Waals surface area (Å²) >= 11 is 0. The molecule has 2 atom stereocenters. The number of aliphatic imine (C=N–C) groups is 1. The minimum Gasteiger partial charge on any atom is -0.379 e. The molecule has 2 unspecified atom stereocenters. The maximum atomic E-state index is 13.3. The van der Waals surface area contributed by atoms with Gasteiger partial charge in [0.05, 0.1) is 13.2 Å². The van der Waals surface area contributed by atoms with E-state index in [1.165, 1.54) is 6.07 Å². The minimum atomic E-state index is -0.209. The van der Waals surface area contributed by atoms with Gasteiger partial charge in [-0.15, -0.1) is 24.0 Å². The maximum absolute atomic E-state index is 13.3. The van der Waals surface area contributed by atoms with Crippen molar-refractivity contribution in [3.8, 4) is 0 Å². The Labute approximate surface area is 167 Å². The second-order valence-electron chi connectivity index (χ2n) is 6.42. The molecule has 142 valence electrons. The van der Waals surface area contributed by atoms with Crippen molar-refractivity contribution in [3.63, 3.8) is 0 Å². The van der Waals surface area contributed by atoms with Crippen molar-refractivity contribution in [2.24, 2.45) is 4.99 Å². The van der Waals surface area contributed by atoms with Crippen molar-refractivity contribution >= 4 is 29.9 Å². The Morgan fingerprint density at radius 1 is 1.52 bits per heavy atom. The van der Waals surface area contributed by atoms with E-state index in [1.807, 2.05) is 18.0 Å². The maximum Gasteiger partial charge on any atom is 0.193 e. The molecule has 0 saturated carbocycles. The van der Waals surface area contributed by atoms with Gasteiger partial charge >= 0.3 is 0 Å². The molecular weight excluding hydrogens is 434 g/mol. The van der Waals surface area contributed by atoms with Gasteiger partial charge in [-0.2, -0.15) is 0 Å². The van der Waals surface area contributed by atoms with Crippen LogP contribution in [0.25, 0.3) is 0 Å². The summed E-state index contributed by atoms with van der Waals surface area (Å²) in [5.41, 5.74) is 0.926. The first-order chi connectivity index (χ1) is 11.5. The third-order valence-corrected chi connectivity index (χ3v) is 4.42. The molecule has 1 saturated heterocycles. The van der Waals surface area contributed by atoms with E-state index in [0.717, 1.165) is 37.8 Å². The molecule has 0 aliphatic carbocycles. The fourth-order valence-electron chi connectivity index (χ4n) is 3.12. The molecule has 0 spiro atoms. The highest BCUT2D eigenvalue weighted by atomic mass is 127.